The van der Waals surface area contributed by atoms with Crippen molar-refractivity contribution in [3.05, 3.63) is 35.9 Å². The van der Waals surface area contributed by atoms with Crippen LogP contribution >= 0.6 is 0 Å². The first-order chi connectivity index (χ1) is 7.79. The molecule has 0 atom stereocenters. The molecule has 0 bridgehead atoms. The summed E-state index contributed by atoms with van der Waals surface area (Å²) in [6, 6.07) is 10.1. The van der Waals surface area contributed by atoms with E-state index in [0.717, 1.165) is 19.6 Å². The number of hydrogen-bond donors (Lipinski definition) is 2. The minimum Gasteiger partial charge on any atom is -0.316 e. The molecule has 0 saturated carbocycles. The molecule has 1 aromatic carbocycles. The lowest BCUT2D eigenvalue weighted by Crippen LogP contribution is -2.45. The summed E-state index contributed by atoms with van der Waals surface area (Å²) in [5, 5.41) is 6.39. The van der Waals surface area contributed by atoms with Crippen molar-refractivity contribution in [1.29, 1.82) is 0 Å². The Morgan fingerprint density at radius 3 is 2.56 bits per heavy atom. The summed E-state index contributed by atoms with van der Waals surface area (Å²) >= 11 is 0. The van der Waals surface area contributed by atoms with Crippen molar-refractivity contribution in [3.8, 4) is 0 Å². The average molecular weight is 222 g/mol. The Balaban J connectivity index is 1.75. The van der Waals surface area contributed by atoms with Crippen LogP contribution in [0.4, 0.5) is 4.39 Å². The third-order valence-corrected chi connectivity index (χ3v) is 3.11. The Labute approximate surface area is 96.2 Å². The van der Waals surface area contributed by atoms with E-state index in [1.54, 1.807) is 0 Å². The van der Waals surface area contributed by atoms with Gasteiger partial charge < -0.3 is 10.6 Å². The van der Waals surface area contributed by atoms with Crippen molar-refractivity contribution in [2.75, 3.05) is 19.6 Å². The molecule has 2 N–H and O–H groups in total. The maximum absolute atomic E-state index is 14.2. The summed E-state index contributed by atoms with van der Waals surface area (Å²) in [5.41, 5.74) is 0.195. The molecular formula is C13H19FN2. The SMILES string of the molecule is FC1(CNCc2ccccc2)CCNCC1. The topological polar surface area (TPSA) is 24.1 Å². The predicted molar refractivity (Wildman–Crippen MR) is 64.1 cm³/mol. The quantitative estimate of drug-likeness (QED) is 0.812. The van der Waals surface area contributed by atoms with E-state index >= 15 is 0 Å². The van der Waals surface area contributed by atoms with Crippen LogP contribution in [0.25, 0.3) is 0 Å². The third kappa shape index (κ3) is 3.29. The highest BCUT2D eigenvalue weighted by atomic mass is 19.1. The van der Waals surface area contributed by atoms with E-state index in [0.29, 0.717) is 19.4 Å². The second kappa shape index (κ2) is 5.41. The van der Waals surface area contributed by atoms with Gasteiger partial charge in [0.2, 0.25) is 0 Å². The zero-order valence-corrected chi connectivity index (χ0v) is 9.51. The number of halogens is 1. The molecule has 1 aliphatic heterocycles. The van der Waals surface area contributed by atoms with Crippen LogP contribution in [0.1, 0.15) is 18.4 Å². The van der Waals surface area contributed by atoms with Gasteiger partial charge in [-0.3, -0.25) is 0 Å². The van der Waals surface area contributed by atoms with E-state index in [2.05, 4.69) is 22.8 Å². The van der Waals surface area contributed by atoms with Gasteiger partial charge in [0, 0.05) is 13.1 Å². The fourth-order valence-corrected chi connectivity index (χ4v) is 2.08. The Morgan fingerprint density at radius 1 is 1.19 bits per heavy atom. The van der Waals surface area contributed by atoms with Crippen molar-refractivity contribution >= 4 is 0 Å². The predicted octanol–water partition coefficient (Wildman–Crippen LogP) is 1.87. The first-order valence-corrected chi connectivity index (χ1v) is 5.93. The molecule has 0 spiro atoms. The highest BCUT2D eigenvalue weighted by molar-refractivity contribution is 5.14. The van der Waals surface area contributed by atoms with Crippen LogP contribution in [0.2, 0.25) is 0 Å². The zero-order chi connectivity index (χ0) is 11.3. The second-order valence-electron chi connectivity index (χ2n) is 4.49. The Bertz CT molecular complexity index is 307. The lowest BCUT2D eigenvalue weighted by molar-refractivity contribution is 0.113. The largest absolute Gasteiger partial charge is 0.316 e. The lowest BCUT2D eigenvalue weighted by Gasteiger charge is -2.30. The van der Waals surface area contributed by atoms with Crippen molar-refractivity contribution in [2.45, 2.75) is 25.1 Å². The number of nitrogens with one attached hydrogen (secondary N) is 2. The minimum absolute atomic E-state index is 0.462. The highest BCUT2D eigenvalue weighted by Crippen LogP contribution is 2.22. The molecule has 2 nitrogen and oxygen atoms in total. The average Bonchev–Trinajstić information content (AvgIpc) is 2.31. The molecule has 1 aliphatic rings. The van der Waals surface area contributed by atoms with Crippen LogP contribution in [-0.4, -0.2) is 25.3 Å². The van der Waals surface area contributed by atoms with Gasteiger partial charge in [-0.25, -0.2) is 4.39 Å². The summed E-state index contributed by atoms with van der Waals surface area (Å²) in [6.07, 6.45) is 1.24. The van der Waals surface area contributed by atoms with Gasteiger partial charge in [0.1, 0.15) is 5.67 Å². The molecule has 0 amide bonds. The molecule has 0 radical (unpaired) electrons. The number of piperidine rings is 1. The molecule has 2 rings (SSSR count). The summed E-state index contributed by atoms with van der Waals surface area (Å²) in [5.74, 6) is 0. The van der Waals surface area contributed by atoms with Gasteiger partial charge >= 0.3 is 0 Å². The van der Waals surface area contributed by atoms with Crippen LogP contribution in [-0.2, 0) is 6.54 Å². The normalized spacial score (nSPS) is 19.6. The number of rotatable bonds is 4. The Hall–Kier alpha value is -0.930. The molecule has 88 valence electrons. The summed E-state index contributed by atoms with van der Waals surface area (Å²) in [7, 11) is 0. The number of benzene rings is 1. The summed E-state index contributed by atoms with van der Waals surface area (Å²) in [4.78, 5) is 0. The molecular weight excluding hydrogens is 203 g/mol. The summed E-state index contributed by atoms with van der Waals surface area (Å²) in [6.45, 7) is 2.80. The third-order valence-electron chi connectivity index (χ3n) is 3.11. The zero-order valence-electron chi connectivity index (χ0n) is 9.51. The molecule has 0 unspecified atom stereocenters. The first-order valence-electron chi connectivity index (χ1n) is 5.93. The Kier molecular flexibility index (Phi) is 3.91. The van der Waals surface area contributed by atoms with Gasteiger partial charge in [-0.15, -0.1) is 0 Å². The van der Waals surface area contributed by atoms with E-state index < -0.39 is 5.67 Å². The lowest BCUT2D eigenvalue weighted by atomic mass is 9.94. The highest BCUT2D eigenvalue weighted by Gasteiger charge is 2.30. The van der Waals surface area contributed by atoms with E-state index in [4.69, 9.17) is 0 Å². The second-order valence-corrected chi connectivity index (χ2v) is 4.49. The van der Waals surface area contributed by atoms with Crippen LogP contribution in [0.15, 0.2) is 30.3 Å². The standard InChI is InChI=1S/C13H19FN2/c14-13(6-8-15-9-7-13)11-16-10-12-4-2-1-3-5-12/h1-5,15-16H,6-11H2. The van der Waals surface area contributed by atoms with E-state index in [-0.39, 0.29) is 0 Å². The van der Waals surface area contributed by atoms with Crippen molar-refractivity contribution < 1.29 is 4.39 Å². The van der Waals surface area contributed by atoms with Crippen molar-refractivity contribution in [2.24, 2.45) is 0 Å². The number of hydrogen-bond acceptors (Lipinski definition) is 2. The van der Waals surface area contributed by atoms with E-state index in [1.807, 2.05) is 18.2 Å². The van der Waals surface area contributed by atoms with Crippen LogP contribution in [0.3, 0.4) is 0 Å². The molecule has 0 aliphatic carbocycles. The smallest absolute Gasteiger partial charge is 0.125 e. The first kappa shape index (κ1) is 11.6. The fraction of sp³-hybridized carbons (Fsp3) is 0.538. The van der Waals surface area contributed by atoms with Crippen LogP contribution in [0, 0.1) is 0 Å². The van der Waals surface area contributed by atoms with Gasteiger partial charge in [-0.2, -0.15) is 0 Å². The minimum atomic E-state index is -1.01. The number of alkyl halides is 1. The van der Waals surface area contributed by atoms with Gasteiger partial charge in [0.05, 0.1) is 0 Å². The van der Waals surface area contributed by atoms with E-state index in [9.17, 15) is 4.39 Å². The van der Waals surface area contributed by atoms with Crippen LogP contribution in [0.5, 0.6) is 0 Å². The van der Waals surface area contributed by atoms with Gasteiger partial charge in [-0.1, -0.05) is 30.3 Å². The molecule has 1 aromatic rings. The monoisotopic (exact) mass is 222 g/mol. The molecule has 0 aromatic heterocycles. The van der Waals surface area contributed by atoms with Gasteiger partial charge in [0.15, 0.2) is 0 Å². The molecule has 1 heterocycles. The Morgan fingerprint density at radius 2 is 1.88 bits per heavy atom. The molecule has 3 heteroatoms. The van der Waals surface area contributed by atoms with Crippen LogP contribution < -0.4 is 10.6 Å². The maximum atomic E-state index is 14.2. The molecule has 1 fully saturated rings. The fourth-order valence-electron chi connectivity index (χ4n) is 2.08. The van der Waals surface area contributed by atoms with Gasteiger partial charge in [-0.05, 0) is 31.5 Å². The maximum Gasteiger partial charge on any atom is 0.125 e. The molecule has 1 saturated heterocycles. The van der Waals surface area contributed by atoms with Crippen molar-refractivity contribution in [3.63, 3.8) is 0 Å². The molecule has 16 heavy (non-hydrogen) atoms. The van der Waals surface area contributed by atoms with E-state index in [1.165, 1.54) is 5.56 Å². The van der Waals surface area contributed by atoms with Crippen molar-refractivity contribution in [1.82, 2.24) is 10.6 Å². The summed E-state index contributed by atoms with van der Waals surface area (Å²) < 4.78 is 14.2. The van der Waals surface area contributed by atoms with Gasteiger partial charge in [0.25, 0.3) is 0 Å².